The van der Waals surface area contributed by atoms with Crippen molar-refractivity contribution in [3.05, 3.63) is 97.1 Å². The van der Waals surface area contributed by atoms with Crippen LogP contribution in [0.2, 0.25) is 0 Å². The number of carbonyl (C=O) groups excluding carboxylic acids is 1. The summed E-state index contributed by atoms with van der Waals surface area (Å²) in [4.78, 5) is 16.8. The summed E-state index contributed by atoms with van der Waals surface area (Å²) < 4.78 is 0. The molecule has 0 atom stereocenters. The number of halogens is 1. The molecule has 1 N–H and O–H groups in total. The fourth-order valence-electron chi connectivity index (χ4n) is 3.95. The lowest BCUT2D eigenvalue weighted by atomic mass is 9.94. The maximum absolute atomic E-state index is 11.8. The van der Waals surface area contributed by atoms with Crippen LogP contribution in [0.5, 0.6) is 0 Å². The summed E-state index contributed by atoms with van der Waals surface area (Å²) in [6.45, 7) is 0. The molecule has 1 amide bonds. The standard InChI is InChI=1S/C27H19ClN2O/c28-17-26(31)29-21-11-6-10-20(15-21)23-16-25(19-8-2-1-3-9-19)30-24-14-13-18-7-4-5-12-22(18)27(23)24/h1-16H,17H2,(H,29,31). The van der Waals surface area contributed by atoms with Crippen molar-refractivity contribution in [2.45, 2.75) is 0 Å². The predicted octanol–water partition coefficient (Wildman–Crippen LogP) is 6.90. The molecule has 150 valence electrons. The molecule has 0 fully saturated rings. The Bertz CT molecular complexity index is 1410. The third-order valence-electron chi connectivity index (χ3n) is 5.35. The summed E-state index contributed by atoms with van der Waals surface area (Å²) in [6, 6.07) is 32.7. The van der Waals surface area contributed by atoms with Gasteiger partial charge in [0.15, 0.2) is 0 Å². The molecular formula is C27H19ClN2O. The molecular weight excluding hydrogens is 404 g/mol. The van der Waals surface area contributed by atoms with Crippen LogP contribution >= 0.6 is 11.6 Å². The van der Waals surface area contributed by atoms with Gasteiger partial charge < -0.3 is 5.32 Å². The van der Waals surface area contributed by atoms with Crippen molar-refractivity contribution in [2.24, 2.45) is 0 Å². The summed E-state index contributed by atoms with van der Waals surface area (Å²) >= 11 is 5.67. The molecule has 0 spiro atoms. The number of rotatable bonds is 4. The van der Waals surface area contributed by atoms with Crippen LogP contribution in [0.25, 0.3) is 44.1 Å². The van der Waals surface area contributed by atoms with Gasteiger partial charge in [0.2, 0.25) is 5.91 Å². The van der Waals surface area contributed by atoms with Gasteiger partial charge in [0.05, 0.1) is 11.2 Å². The molecule has 1 aromatic heterocycles. The van der Waals surface area contributed by atoms with Gasteiger partial charge in [0.25, 0.3) is 0 Å². The lowest BCUT2D eigenvalue weighted by Crippen LogP contribution is -2.12. The third-order valence-corrected chi connectivity index (χ3v) is 5.59. The second-order valence-electron chi connectivity index (χ2n) is 7.36. The van der Waals surface area contributed by atoms with E-state index in [1.54, 1.807) is 0 Å². The smallest absolute Gasteiger partial charge is 0.239 e. The van der Waals surface area contributed by atoms with Gasteiger partial charge in [-0.1, -0.05) is 72.8 Å². The van der Waals surface area contributed by atoms with Crippen LogP contribution in [0.15, 0.2) is 97.1 Å². The van der Waals surface area contributed by atoms with E-state index >= 15 is 0 Å². The molecule has 0 unspecified atom stereocenters. The van der Waals surface area contributed by atoms with Crippen molar-refractivity contribution in [1.29, 1.82) is 0 Å². The van der Waals surface area contributed by atoms with Gasteiger partial charge in [0.1, 0.15) is 5.88 Å². The van der Waals surface area contributed by atoms with E-state index in [1.165, 1.54) is 0 Å². The lowest BCUT2D eigenvalue weighted by molar-refractivity contribution is -0.113. The Balaban J connectivity index is 1.80. The molecule has 31 heavy (non-hydrogen) atoms. The summed E-state index contributed by atoms with van der Waals surface area (Å²) in [6.07, 6.45) is 0. The summed E-state index contributed by atoms with van der Waals surface area (Å²) in [5, 5.41) is 6.26. The molecule has 0 radical (unpaired) electrons. The van der Waals surface area contributed by atoms with Crippen LogP contribution in [-0.2, 0) is 4.79 Å². The summed E-state index contributed by atoms with van der Waals surface area (Å²) in [7, 11) is 0. The Morgan fingerprint density at radius 2 is 1.58 bits per heavy atom. The minimum Gasteiger partial charge on any atom is -0.325 e. The quantitative estimate of drug-likeness (QED) is 0.253. The summed E-state index contributed by atoms with van der Waals surface area (Å²) in [5.41, 5.74) is 5.70. The zero-order valence-electron chi connectivity index (χ0n) is 16.7. The molecule has 5 aromatic rings. The number of hydrogen-bond donors (Lipinski definition) is 1. The Morgan fingerprint density at radius 3 is 2.42 bits per heavy atom. The number of aromatic nitrogens is 1. The number of amides is 1. The van der Waals surface area contributed by atoms with E-state index in [-0.39, 0.29) is 11.8 Å². The molecule has 0 saturated carbocycles. The van der Waals surface area contributed by atoms with Crippen LogP contribution < -0.4 is 5.32 Å². The number of pyridine rings is 1. The minimum absolute atomic E-state index is 0.0782. The van der Waals surface area contributed by atoms with Gasteiger partial charge in [-0.25, -0.2) is 4.98 Å². The number of fused-ring (bicyclic) bond motifs is 3. The zero-order valence-corrected chi connectivity index (χ0v) is 17.4. The average molecular weight is 423 g/mol. The Labute approximate surface area is 185 Å². The maximum atomic E-state index is 11.8. The molecule has 1 heterocycles. The van der Waals surface area contributed by atoms with Crippen LogP contribution in [0.1, 0.15) is 0 Å². The Morgan fingerprint density at radius 1 is 0.806 bits per heavy atom. The van der Waals surface area contributed by atoms with Crippen molar-refractivity contribution >= 4 is 44.9 Å². The van der Waals surface area contributed by atoms with E-state index in [1.807, 2.05) is 48.5 Å². The monoisotopic (exact) mass is 422 g/mol. The van der Waals surface area contributed by atoms with Crippen molar-refractivity contribution in [2.75, 3.05) is 11.2 Å². The number of carbonyl (C=O) groups is 1. The van der Waals surface area contributed by atoms with Gasteiger partial charge in [-0.15, -0.1) is 11.6 Å². The van der Waals surface area contributed by atoms with E-state index < -0.39 is 0 Å². The second-order valence-corrected chi connectivity index (χ2v) is 7.63. The number of benzene rings is 4. The van der Waals surface area contributed by atoms with E-state index in [0.717, 1.165) is 49.7 Å². The van der Waals surface area contributed by atoms with E-state index in [4.69, 9.17) is 16.6 Å². The zero-order chi connectivity index (χ0) is 21.2. The average Bonchev–Trinajstić information content (AvgIpc) is 2.83. The predicted molar refractivity (Wildman–Crippen MR) is 129 cm³/mol. The molecule has 0 bridgehead atoms. The lowest BCUT2D eigenvalue weighted by Gasteiger charge is -2.14. The highest BCUT2D eigenvalue weighted by atomic mass is 35.5. The fourth-order valence-corrected chi connectivity index (χ4v) is 4.02. The first kappa shape index (κ1) is 19.3. The van der Waals surface area contributed by atoms with Gasteiger partial charge in [-0.3, -0.25) is 4.79 Å². The van der Waals surface area contributed by atoms with E-state index in [2.05, 4.69) is 53.8 Å². The third kappa shape index (κ3) is 3.76. The number of hydrogen-bond acceptors (Lipinski definition) is 2. The van der Waals surface area contributed by atoms with Gasteiger partial charge in [-0.05, 0) is 46.2 Å². The Hall–Kier alpha value is -3.69. The molecule has 0 aliphatic heterocycles. The molecule has 4 aromatic carbocycles. The number of anilines is 1. The van der Waals surface area contributed by atoms with Crippen LogP contribution in [0, 0.1) is 0 Å². The Kier molecular flexibility index (Phi) is 5.11. The van der Waals surface area contributed by atoms with Crippen LogP contribution in [0.3, 0.4) is 0 Å². The van der Waals surface area contributed by atoms with Crippen LogP contribution in [0.4, 0.5) is 5.69 Å². The normalized spacial score (nSPS) is 11.0. The van der Waals surface area contributed by atoms with Crippen molar-refractivity contribution < 1.29 is 4.79 Å². The molecule has 4 heteroatoms. The van der Waals surface area contributed by atoms with Crippen molar-refractivity contribution in [3.63, 3.8) is 0 Å². The largest absolute Gasteiger partial charge is 0.325 e. The highest BCUT2D eigenvalue weighted by Gasteiger charge is 2.13. The molecule has 0 aliphatic carbocycles. The van der Waals surface area contributed by atoms with Gasteiger partial charge >= 0.3 is 0 Å². The first-order valence-corrected chi connectivity index (χ1v) is 10.6. The van der Waals surface area contributed by atoms with Gasteiger partial charge in [-0.2, -0.15) is 0 Å². The molecule has 3 nitrogen and oxygen atoms in total. The topological polar surface area (TPSA) is 42.0 Å². The molecule has 0 aliphatic rings. The van der Waals surface area contributed by atoms with Gasteiger partial charge in [0, 0.05) is 16.6 Å². The maximum Gasteiger partial charge on any atom is 0.239 e. The SMILES string of the molecule is O=C(CCl)Nc1cccc(-c2cc(-c3ccccc3)nc3ccc4ccccc4c23)c1. The minimum atomic E-state index is -0.228. The first-order chi connectivity index (χ1) is 15.2. The van der Waals surface area contributed by atoms with Crippen LogP contribution in [-0.4, -0.2) is 16.8 Å². The molecule has 0 saturated heterocycles. The number of alkyl halides is 1. The highest BCUT2D eigenvalue weighted by molar-refractivity contribution is 6.29. The van der Waals surface area contributed by atoms with E-state index in [0.29, 0.717) is 0 Å². The summed E-state index contributed by atoms with van der Waals surface area (Å²) in [5.74, 6) is -0.306. The van der Waals surface area contributed by atoms with Crippen molar-refractivity contribution in [1.82, 2.24) is 4.98 Å². The number of nitrogens with one attached hydrogen (secondary N) is 1. The molecule has 5 rings (SSSR count). The highest BCUT2D eigenvalue weighted by Crippen LogP contribution is 2.37. The second kappa shape index (κ2) is 8.21. The van der Waals surface area contributed by atoms with E-state index in [9.17, 15) is 4.79 Å². The van der Waals surface area contributed by atoms with Crippen molar-refractivity contribution in [3.8, 4) is 22.4 Å². The fraction of sp³-hybridized carbons (Fsp3) is 0.0370. The number of nitrogens with zero attached hydrogens (tertiary/aromatic N) is 1. The first-order valence-electron chi connectivity index (χ1n) is 10.1.